The van der Waals surface area contributed by atoms with Gasteiger partial charge in [-0.15, -0.1) is 0 Å². The Morgan fingerprint density at radius 1 is 1.11 bits per heavy atom. The van der Waals surface area contributed by atoms with Crippen LogP contribution >= 0.6 is 34.8 Å². The largest absolute Gasteiger partial charge is 0.478 e. The maximum absolute atomic E-state index is 11.9. The van der Waals surface area contributed by atoms with Crippen LogP contribution in [0.5, 0.6) is 0 Å². The van der Waals surface area contributed by atoms with Gasteiger partial charge in [0.25, 0.3) is 5.56 Å². The lowest BCUT2D eigenvalue weighted by molar-refractivity contribution is 0.0697. The molecule has 0 saturated carbocycles. The zero-order valence-electron chi connectivity index (χ0n) is 9.21. The molecule has 0 atom stereocenters. The Hall–Kier alpha value is -1.49. The number of hydrogen-bond donors (Lipinski definition) is 2. The number of rotatable bonds is 2. The zero-order valence-corrected chi connectivity index (χ0v) is 11.5. The van der Waals surface area contributed by atoms with Gasteiger partial charge in [0.05, 0.1) is 21.2 Å². The fourth-order valence-electron chi connectivity index (χ4n) is 1.69. The van der Waals surface area contributed by atoms with Crippen LogP contribution in [0, 0.1) is 0 Å². The van der Waals surface area contributed by atoms with Crippen molar-refractivity contribution >= 4 is 40.8 Å². The third kappa shape index (κ3) is 2.61. The second-order valence-corrected chi connectivity index (χ2v) is 4.90. The second-order valence-electron chi connectivity index (χ2n) is 3.65. The summed E-state index contributed by atoms with van der Waals surface area (Å²) in [6.07, 6.45) is 1.24. The molecule has 0 aliphatic rings. The van der Waals surface area contributed by atoms with Crippen LogP contribution in [0.1, 0.15) is 10.4 Å². The number of pyridine rings is 1. The molecule has 98 valence electrons. The molecule has 2 N–H and O–H groups in total. The quantitative estimate of drug-likeness (QED) is 0.887. The van der Waals surface area contributed by atoms with E-state index in [-0.39, 0.29) is 26.7 Å². The highest BCUT2D eigenvalue weighted by Crippen LogP contribution is 2.36. The molecule has 4 nitrogen and oxygen atoms in total. The number of nitrogens with one attached hydrogen (secondary N) is 1. The predicted molar refractivity (Wildman–Crippen MR) is 74.5 cm³/mol. The molecule has 0 aliphatic carbocycles. The minimum atomic E-state index is -1.25. The normalized spacial score (nSPS) is 10.5. The number of carboxylic acids is 1. The Morgan fingerprint density at radius 2 is 1.68 bits per heavy atom. The number of benzene rings is 1. The van der Waals surface area contributed by atoms with Gasteiger partial charge in [0.2, 0.25) is 0 Å². The number of aromatic carboxylic acids is 1. The van der Waals surface area contributed by atoms with Crippen LogP contribution in [0.3, 0.4) is 0 Å². The molecule has 0 amide bonds. The van der Waals surface area contributed by atoms with Crippen molar-refractivity contribution in [1.82, 2.24) is 4.98 Å². The number of halogens is 3. The van der Waals surface area contributed by atoms with E-state index < -0.39 is 11.5 Å². The summed E-state index contributed by atoms with van der Waals surface area (Å²) < 4.78 is 0. The summed E-state index contributed by atoms with van der Waals surface area (Å²) in [6, 6.07) is 4.05. The van der Waals surface area contributed by atoms with Crippen LogP contribution in [0.15, 0.2) is 29.2 Å². The highest BCUT2D eigenvalue weighted by molar-refractivity contribution is 6.42. The molecule has 1 aromatic carbocycles. The lowest BCUT2D eigenvalue weighted by Gasteiger charge is -2.09. The van der Waals surface area contributed by atoms with Gasteiger partial charge in [0.1, 0.15) is 0 Å². The predicted octanol–water partition coefficient (Wildman–Crippen LogP) is 3.70. The van der Waals surface area contributed by atoms with Gasteiger partial charge in [0.15, 0.2) is 0 Å². The molecule has 1 heterocycles. The fraction of sp³-hybridized carbons (Fsp3) is 0. The van der Waals surface area contributed by atoms with E-state index in [1.54, 1.807) is 0 Å². The van der Waals surface area contributed by atoms with Crippen LogP contribution in [0.4, 0.5) is 0 Å². The van der Waals surface area contributed by atoms with E-state index in [9.17, 15) is 9.59 Å². The van der Waals surface area contributed by atoms with Crippen molar-refractivity contribution < 1.29 is 9.90 Å². The fourth-order valence-corrected chi connectivity index (χ4v) is 2.69. The minimum Gasteiger partial charge on any atom is -0.478 e. The lowest BCUT2D eigenvalue weighted by atomic mass is 10.0. The molecule has 0 aliphatic heterocycles. The van der Waals surface area contributed by atoms with E-state index in [4.69, 9.17) is 39.9 Å². The molecule has 2 aromatic rings. The lowest BCUT2D eigenvalue weighted by Crippen LogP contribution is -2.14. The molecule has 7 heteroatoms. The summed E-state index contributed by atoms with van der Waals surface area (Å²) >= 11 is 17.8. The summed E-state index contributed by atoms with van der Waals surface area (Å²) in [5.41, 5.74) is -0.727. The molecule has 0 radical (unpaired) electrons. The molecule has 0 fully saturated rings. The Labute approximate surface area is 122 Å². The molecular formula is C12H6Cl3NO3. The zero-order chi connectivity index (χ0) is 14.2. The topological polar surface area (TPSA) is 70.2 Å². The first kappa shape index (κ1) is 13.9. The highest BCUT2D eigenvalue weighted by atomic mass is 35.5. The Balaban J connectivity index is 2.87. The first-order valence-electron chi connectivity index (χ1n) is 5.01. The Morgan fingerprint density at radius 3 is 2.21 bits per heavy atom. The van der Waals surface area contributed by atoms with Crippen molar-refractivity contribution in [2.75, 3.05) is 0 Å². The average molecular weight is 319 g/mol. The molecule has 2 rings (SSSR count). The van der Waals surface area contributed by atoms with Gasteiger partial charge in [-0.3, -0.25) is 4.79 Å². The first-order chi connectivity index (χ1) is 8.91. The smallest absolute Gasteiger partial charge is 0.336 e. The summed E-state index contributed by atoms with van der Waals surface area (Å²) in [5, 5.41) is 9.63. The monoisotopic (exact) mass is 317 g/mol. The van der Waals surface area contributed by atoms with E-state index in [0.717, 1.165) is 0 Å². The van der Waals surface area contributed by atoms with Gasteiger partial charge in [-0.2, -0.15) is 0 Å². The number of aromatic nitrogens is 1. The minimum absolute atomic E-state index is 0.0957. The average Bonchev–Trinajstić information content (AvgIpc) is 2.29. The van der Waals surface area contributed by atoms with Crippen molar-refractivity contribution in [1.29, 1.82) is 0 Å². The first-order valence-corrected chi connectivity index (χ1v) is 6.15. The van der Waals surface area contributed by atoms with Crippen molar-refractivity contribution in [2.45, 2.75) is 0 Å². The van der Waals surface area contributed by atoms with E-state index in [0.29, 0.717) is 5.02 Å². The summed E-state index contributed by atoms with van der Waals surface area (Å²) in [6.45, 7) is 0. The van der Waals surface area contributed by atoms with Gasteiger partial charge in [-0.1, -0.05) is 34.8 Å². The molecular weight excluding hydrogens is 312 g/mol. The van der Waals surface area contributed by atoms with Crippen LogP contribution in [-0.4, -0.2) is 16.1 Å². The van der Waals surface area contributed by atoms with E-state index in [1.165, 1.54) is 24.4 Å². The number of hydrogen-bond acceptors (Lipinski definition) is 2. The molecule has 0 bridgehead atoms. The molecule has 0 unspecified atom stereocenters. The van der Waals surface area contributed by atoms with E-state index in [1.807, 2.05) is 0 Å². The molecule has 1 aromatic heterocycles. The Kier molecular flexibility index (Phi) is 3.85. The van der Waals surface area contributed by atoms with Gasteiger partial charge in [-0.25, -0.2) is 4.79 Å². The highest BCUT2D eigenvalue weighted by Gasteiger charge is 2.20. The van der Waals surface area contributed by atoms with Crippen molar-refractivity contribution in [3.8, 4) is 11.1 Å². The second kappa shape index (κ2) is 5.25. The maximum atomic E-state index is 11.9. The third-order valence-corrected chi connectivity index (χ3v) is 3.26. The summed E-state index contributed by atoms with van der Waals surface area (Å²) in [5.74, 6) is -1.25. The van der Waals surface area contributed by atoms with Crippen molar-refractivity contribution in [3.05, 3.63) is 55.4 Å². The number of carbonyl (C=O) groups is 1. The standard InChI is InChI=1S/C12H6Cl3NO3/c13-5-3-7(14)10(8(15)4-5)9-6(12(18)19)1-2-16-11(9)17/h1-4H,(H,16,17)(H,18,19). The van der Waals surface area contributed by atoms with Crippen LogP contribution in [-0.2, 0) is 0 Å². The maximum Gasteiger partial charge on any atom is 0.336 e. The van der Waals surface area contributed by atoms with E-state index >= 15 is 0 Å². The molecule has 0 saturated heterocycles. The third-order valence-electron chi connectivity index (χ3n) is 2.45. The van der Waals surface area contributed by atoms with Gasteiger partial charge >= 0.3 is 5.97 Å². The van der Waals surface area contributed by atoms with Crippen LogP contribution in [0.2, 0.25) is 15.1 Å². The number of aromatic amines is 1. The molecule has 19 heavy (non-hydrogen) atoms. The van der Waals surface area contributed by atoms with Gasteiger partial charge in [-0.05, 0) is 18.2 Å². The summed E-state index contributed by atoms with van der Waals surface area (Å²) in [7, 11) is 0. The number of H-pyrrole nitrogens is 1. The van der Waals surface area contributed by atoms with Gasteiger partial charge in [0, 0.05) is 16.8 Å². The van der Waals surface area contributed by atoms with Crippen LogP contribution < -0.4 is 5.56 Å². The van der Waals surface area contributed by atoms with Crippen molar-refractivity contribution in [3.63, 3.8) is 0 Å². The SMILES string of the molecule is O=C(O)c1cc[nH]c(=O)c1-c1c(Cl)cc(Cl)cc1Cl. The molecule has 0 spiro atoms. The number of carboxylic acid groups (broad SMARTS) is 1. The van der Waals surface area contributed by atoms with Gasteiger partial charge < -0.3 is 10.1 Å². The van der Waals surface area contributed by atoms with Crippen LogP contribution in [0.25, 0.3) is 11.1 Å². The Bertz CT molecular complexity index is 701. The summed E-state index contributed by atoms with van der Waals surface area (Å²) in [4.78, 5) is 25.4. The van der Waals surface area contributed by atoms with Crippen molar-refractivity contribution in [2.24, 2.45) is 0 Å². The van der Waals surface area contributed by atoms with E-state index in [2.05, 4.69) is 4.98 Å².